The standard InChI is InChI=1S/C15H27N5O.HI/c1-4-16-15(19-9-6-14(21)11-19)17-7-5-8-20-13(3)10-12(2)18-20;/h10,14,21H,4-9,11H2,1-3H3,(H,16,17);1H/t14-;/m1./s1. The molecule has 2 rings (SSSR count). The zero-order valence-electron chi connectivity index (χ0n) is 13.7. The third kappa shape index (κ3) is 5.42. The third-order valence-electron chi connectivity index (χ3n) is 3.69. The van der Waals surface area contributed by atoms with Crippen LogP contribution in [0.25, 0.3) is 0 Å². The van der Waals surface area contributed by atoms with Crippen LogP contribution < -0.4 is 5.32 Å². The van der Waals surface area contributed by atoms with Gasteiger partial charge in [0.05, 0.1) is 11.8 Å². The van der Waals surface area contributed by atoms with Crippen LogP contribution in [-0.4, -0.2) is 58.0 Å². The molecule has 1 aromatic heterocycles. The summed E-state index contributed by atoms with van der Waals surface area (Å²) in [7, 11) is 0. The number of aromatic nitrogens is 2. The van der Waals surface area contributed by atoms with Crippen LogP contribution in [0.15, 0.2) is 11.1 Å². The number of nitrogens with zero attached hydrogens (tertiary/aromatic N) is 4. The van der Waals surface area contributed by atoms with Gasteiger partial charge in [-0.05, 0) is 39.7 Å². The molecule has 0 radical (unpaired) electrons. The quantitative estimate of drug-likeness (QED) is 0.328. The van der Waals surface area contributed by atoms with Crippen LogP contribution in [0.4, 0.5) is 0 Å². The Morgan fingerprint density at radius 2 is 2.27 bits per heavy atom. The summed E-state index contributed by atoms with van der Waals surface area (Å²) in [6, 6.07) is 2.10. The molecule has 0 amide bonds. The molecule has 2 heterocycles. The fraction of sp³-hybridized carbons (Fsp3) is 0.733. The van der Waals surface area contributed by atoms with Crippen molar-refractivity contribution in [2.75, 3.05) is 26.2 Å². The number of β-amino-alcohol motifs (C(OH)–C–C–N with tert-alkyl or cyclic N) is 1. The minimum atomic E-state index is -0.219. The molecule has 22 heavy (non-hydrogen) atoms. The van der Waals surface area contributed by atoms with Gasteiger partial charge >= 0.3 is 0 Å². The number of aliphatic imine (C=N–C) groups is 1. The van der Waals surface area contributed by atoms with Crippen LogP contribution >= 0.6 is 24.0 Å². The van der Waals surface area contributed by atoms with Crippen molar-refractivity contribution in [3.05, 3.63) is 17.5 Å². The predicted octanol–water partition coefficient (Wildman–Crippen LogP) is 1.54. The first-order valence-corrected chi connectivity index (χ1v) is 7.82. The Balaban J connectivity index is 0.00000242. The smallest absolute Gasteiger partial charge is 0.194 e. The summed E-state index contributed by atoms with van der Waals surface area (Å²) in [5, 5.41) is 17.4. The van der Waals surface area contributed by atoms with Gasteiger partial charge in [-0.15, -0.1) is 24.0 Å². The first-order chi connectivity index (χ1) is 10.1. The molecular weight excluding hydrogens is 393 g/mol. The van der Waals surface area contributed by atoms with Gasteiger partial charge in [-0.25, -0.2) is 0 Å². The number of halogens is 1. The fourth-order valence-electron chi connectivity index (χ4n) is 2.67. The normalized spacial score (nSPS) is 18.5. The lowest BCUT2D eigenvalue weighted by Crippen LogP contribution is -2.40. The van der Waals surface area contributed by atoms with E-state index < -0.39 is 0 Å². The number of likely N-dealkylation sites (tertiary alicyclic amines) is 1. The van der Waals surface area contributed by atoms with Crippen LogP contribution in [0.5, 0.6) is 0 Å². The number of nitrogens with one attached hydrogen (secondary N) is 1. The number of aliphatic hydroxyl groups excluding tert-OH is 1. The fourth-order valence-corrected chi connectivity index (χ4v) is 2.67. The summed E-state index contributed by atoms with van der Waals surface area (Å²) in [4.78, 5) is 6.80. The molecule has 1 saturated heterocycles. The topological polar surface area (TPSA) is 65.7 Å². The summed E-state index contributed by atoms with van der Waals surface area (Å²) in [6.45, 7) is 10.2. The van der Waals surface area contributed by atoms with Crippen LogP contribution in [0.2, 0.25) is 0 Å². The second-order valence-corrected chi connectivity index (χ2v) is 5.63. The maximum Gasteiger partial charge on any atom is 0.194 e. The Labute approximate surface area is 150 Å². The lowest BCUT2D eigenvalue weighted by atomic mass is 10.3. The number of rotatable bonds is 5. The number of aryl methyl sites for hydroxylation is 3. The van der Waals surface area contributed by atoms with Crippen molar-refractivity contribution in [1.82, 2.24) is 20.0 Å². The van der Waals surface area contributed by atoms with Crippen molar-refractivity contribution < 1.29 is 5.11 Å². The van der Waals surface area contributed by atoms with E-state index in [1.165, 1.54) is 5.69 Å². The largest absolute Gasteiger partial charge is 0.391 e. The molecule has 1 aliphatic rings. The van der Waals surface area contributed by atoms with Crippen LogP contribution in [0.1, 0.15) is 31.2 Å². The van der Waals surface area contributed by atoms with E-state index >= 15 is 0 Å². The van der Waals surface area contributed by atoms with E-state index in [1.807, 2.05) is 11.6 Å². The first-order valence-electron chi connectivity index (χ1n) is 7.82. The molecule has 0 bridgehead atoms. The molecule has 1 atom stereocenters. The van der Waals surface area contributed by atoms with E-state index in [0.717, 1.165) is 50.7 Å². The van der Waals surface area contributed by atoms with Gasteiger partial charge in [0.15, 0.2) is 5.96 Å². The van der Waals surface area contributed by atoms with Gasteiger partial charge in [-0.3, -0.25) is 9.67 Å². The third-order valence-corrected chi connectivity index (χ3v) is 3.69. The van der Waals surface area contributed by atoms with Crippen LogP contribution in [0.3, 0.4) is 0 Å². The van der Waals surface area contributed by atoms with Gasteiger partial charge in [-0.1, -0.05) is 0 Å². The van der Waals surface area contributed by atoms with Gasteiger partial charge in [0.2, 0.25) is 0 Å². The van der Waals surface area contributed by atoms with E-state index in [1.54, 1.807) is 0 Å². The van der Waals surface area contributed by atoms with Crippen molar-refractivity contribution >= 4 is 29.9 Å². The second-order valence-electron chi connectivity index (χ2n) is 5.63. The van der Waals surface area contributed by atoms with Gasteiger partial charge < -0.3 is 15.3 Å². The summed E-state index contributed by atoms with van der Waals surface area (Å²) in [6.07, 6.45) is 1.58. The molecule has 1 aliphatic heterocycles. The van der Waals surface area contributed by atoms with E-state index in [0.29, 0.717) is 6.54 Å². The maximum atomic E-state index is 9.63. The number of hydrogen-bond acceptors (Lipinski definition) is 3. The van der Waals surface area contributed by atoms with E-state index in [2.05, 4.69) is 40.2 Å². The molecule has 126 valence electrons. The maximum absolute atomic E-state index is 9.63. The van der Waals surface area contributed by atoms with Crippen LogP contribution in [-0.2, 0) is 6.54 Å². The molecule has 0 saturated carbocycles. The number of guanidine groups is 1. The summed E-state index contributed by atoms with van der Waals surface area (Å²) in [5.41, 5.74) is 2.27. The molecule has 0 spiro atoms. The highest BCUT2D eigenvalue weighted by Crippen LogP contribution is 2.09. The first kappa shape index (κ1) is 19.2. The molecular formula is C15H28IN5O. The Morgan fingerprint density at radius 3 is 2.82 bits per heavy atom. The Kier molecular flexibility index (Phi) is 8.16. The van der Waals surface area contributed by atoms with Crippen LogP contribution in [0, 0.1) is 13.8 Å². The molecule has 1 fully saturated rings. The monoisotopic (exact) mass is 421 g/mol. The van der Waals surface area contributed by atoms with Crippen molar-refractivity contribution in [2.24, 2.45) is 4.99 Å². The second kappa shape index (κ2) is 9.34. The average Bonchev–Trinajstić information content (AvgIpc) is 2.99. The molecule has 0 unspecified atom stereocenters. The molecule has 6 nitrogen and oxygen atoms in total. The highest BCUT2D eigenvalue weighted by Gasteiger charge is 2.22. The van der Waals surface area contributed by atoms with Crippen molar-refractivity contribution in [3.8, 4) is 0 Å². The zero-order valence-corrected chi connectivity index (χ0v) is 16.1. The van der Waals surface area contributed by atoms with E-state index in [4.69, 9.17) is 0 Å². The van der Waals surface area contributed by atoms with E-state index in [-0.39, 0.29) is 30.1 Å². The lowest BCUT2D eigenvalue weighted by molar-refractivity contribution is 0.188. The Bertz CT molecular complexity index is 488. The molecule has 7 heteroatoms. The average molecular weight is 421 g/mol. The van der Waals surface area contributed by atoms with Crippen molar-refractivity contribution in [2.45, 2.75) is 46.3 Å². The minimum absolute atomic E-state index is 0. The predicted molar refractivity (Wildman–Crippen MR) is 99.9 cm³/mol. The summed E-state index contributed by atoms with van der Waals surface area (Å²) < 4.78 is 2.04. The van der Waals surface area contributed by atoms with Crippen molar-refractivity contribution in [1.29, 1.82) is 0 Å². The lowest BCUT2D eigenvalue weighted by Gasteiger charge is -2.20. The highest BCUT2D eigenvalue weighted by molar-refractivity contribution is 14.0. The van der Waals surface area contributed by atoms with Gasteiger partial charge in [0.1, 0.15) is 0 Å². The summed E-state index contributed by atoms with van der Waals surface area (Å²) >= 11 is 0. The molecule has 1 aromatic rings. The Morgan fingerprint density at radius 1 is 1.50 bits per heavy atom. The molecule has 0 aromatic carbocycles. The van der Waals surface area contributed by atoms with Gasteiger partial charge in [-0.2, -0.15) is 5.10 Å². The minimum Gasteiger partial charge on any atom is -0.391 e. The SMILES string of the molecule is CCNC(=NCCCn1nc(C)cc1C)N1CC[C@@H](O)C1.I. The van der Waals surface area contributed by atoms with Crippen molar-refractivity contribution in [3.63, 3.8) is 0 Å². The van der Waals surface area contributed by atoms with Gasteiger partial charge in [0.25, 0.3) is 0 Å². The summed E-state index contributed by atoms with van der Waals surface area (Å²) in [5.74, 6) is 0.919. The number of aliphatic hydroxyl groups is 1. The number of hydrogen-bond donors (Lipinski definition) is 2. The molecule has 2 N–H and O–H groups in total. The highest BCUT2D eigenvalue weighted by atomic mass is 127. The zero-order chi connectivity index (χ0) is 15.2. The van der Waals surface area contributed by atoms with Gasteiger partial charge in [0, 0.05) is 38.4 Å². The molecule has 0 aliphatic carbocycles. The Hall–Kier alpha value is -0.830. The van der Waals surface area contributed by atoms with E-state index in [9.17, 15) is 5.11 Å².